The summed E-state index contributed by atoms with van der Waals surface area (Å²) in [5.41, 5.74) is 1.25. The number of hydrogen-bond acceptors (Lipinski definition) is 8. The van der Waals surface area contributed by atoms with Crippen molar-refractivity contribution in [3.05, 3.63) is 71.8 Å². The molecule has 210 valence electrons. The molecular weight excluding hydrogens is 537 g/mol. The van der Waals surface area contributed by atoms with Gasteiger partial charge in [-0.3, -0.25) is 4.79 Å². The molecule has 2 fully saturated rings. The van der Waals surface area contributed by atoms with Gasteiger partial charge in [0.15, 0.2) is 11.5 Å². The van der Waals surface area contributed by atoms with Gasteiger partial charge in [0.25, 0.3) is 0 Å². The SMILES string of the molecule is O=C(NC(c1ccc2c(c1)OCO2)c1ccnc(NC2CCCC2)n1)[C@@H]1CCCN1S(=O)(=O)c1ccc(F)cc1. The number of rotatable bonds is 8. The van der Waals surface area contributed by atoms with Crippen LogP contribution in [0.1, 0.15) is 55.8 Å². The maximum Gasteiger partial charge on any atom is 0.243 e. The minimum Gasteiger partial charge on any atom is -0.454 e. The quantitative estimate of drug-likeness (QED) is 0.422. The first-order valence-electron chi connectivity index (χ1n) is 13.5. The Morgan fingerprint density at radius 2 is 1.77 bits per heavy atom. The summed E-state index contributed by atoms with van der Waals surface area (Å²) in [7, 11) is -4.01. The number of hydrogen-bond donors (Lipinski definition) is 2. The van der Waals surface area contributed by atoms with Gasteiger partial charge in [-0.05, 0) is 73.7 Å². The van der Waals surface area contributed by atoms with Crippen LogP contribution in [0.3, 0.4) is 0 Å². The summed E-state index contributed by atoms with van der Waals surface area (Å²) in [5, 5.41) is 6.44. The number of anilines is 1. The summed E-state index contributed by atoms with van der Waals surface area (Å²) in [4.78, 5) is 22.8. The van der Waals surface area contributed by atoms with Crippen molar-refractivity contribution < 1.29 is 27.1 Å². The molecule has 2 N–H and O–H groups in total. The maximum atomic E-state index is 13.8. The van der Waals surface area contributed by atoms with Gasteiger partial charge in [0.05, 0.1) is 16.6 Å². The number of ether oxygens (including phenoxy) is 2. The highest BCUT2D eigenvalue weighted by molar-refractivity contribution is 7.89. The molecule has 6 rings (SSSR count). The van der Waals surface area contributed by atoms with E-state index < -0.39 is 33.8 Å². The van der Waals surface area contributed by atoms with Gasteiger partial charge < -0.3 is 20.1 Å². The zero-order valence-electron chi connectivity index (χ0n) is 21.8. The van der Waals surface area contributed by atoms with Crippen molar-refractivity contribution in [1.82, 2.24) is 19.6 Å². The fourth-order valence-corrected chi connectivity index (χ4v) is 7.20. The number of nitrogens with zero attached hydrogens (tertiary/aromatic N) is 3. The minimum atomic E-state index is -4.01. The Morgan fingerprint density at radius 3 is 2.58 bits per heavy atom. The van der Waals surface area contributed by atoms with Crippen LogP contribution in [-0.4, -0.2) is 54.0 Å². The van der Waals surface area contributed by atoms with Crippen LogP contribution < -0.4 is 20.1 Å². The standard InChI is InChI=1S/C28H30FN5O5S/c29-19-8-10-21(11-9-19)40(36,37)34-15-3-6-23(34)27(35)33-26(18-7-12-24-25(16-18)39-17-38-24)22-13-14-30-28(32-22)31-20-4-1-2-5-20/h7-14,16,20,23,26H,1-6,15,17H2,(H,33,35)(H,30,31,32)/t23-,26?/m0/s1. The van der Waals surface area contributed by atoms with E-state index in [0.717, 1.165) is 37.8 Å². The third-order valence-corrected chi connectivity index (χ3v) is 9.53. The van der Waals surface area contributed by atoms with Crippen molar-refractivity contribution in [2.45, 2.75) is 61.5 Å². The normalized spacial score (nSPS) is 20.0. The van der Waals surface area contributed by atoms with Crippen LogP contribution in [0.25, 0.3) is 0 Å². The van der Waals surface area contributed by atoms with Crippen LogP contribution >= 0.6 is 0 Å². The lowest BCUT2D eigenvalue weighted by Gasteiger charge is -2.26. The molecule has 1 unspecified atom stereocenters. The van der Waals surface area contributed by atoms with Crippen LogP contribution in [0.15, 0.2) is 59.6 Å². The van der Waals surface area contributed by atoms with Gasteiger partial charge in [-0.1, -0.05) is 18.9 Å². The molecule has 10 nitrogen and oxygen atoms in total. The number of amides is 1. The molecule has 3 aliphatic rings. The Labute approximate surface area is 232 Å². The van der Waals surface area contributed by atoms with Crippen molar-refractivity contribution in [3.8, 4) is 11.5 Å². The molecule has 12 heteroatoms. The second-order valence-corrected chi connectivity index (χ2v) is 12.1. The average Bonchev–Trinajstić information content (AvgIpc) is 3.74. The van der Waals surface area contributed by atoms with E-state index in [4.69, 9.17) is 14.5 Å². The van der Waals surface area contributed by atoms with E-state index in [2.05, 4.69) is 15.6 Å². The lowest BCUT2D eigenvalue weighted by molar-refractivity contribution is -0.124. The zero-order chi connectivity index (χ0) is 27.7. The lowest BCUT2D eigenvalue weighted by Crippen LogP contribution is -2.47. The Bertz CT molecular complexity index is 1500. The fraction of sp³-hybridized carbons (Fsp3) is 0.393. The van der Waals surface area contributed by atoms with Crippen LogP contribution in [-0.2, 0) is 14.8 Å². The van der Waals surface area contributed by atoms with Gasteiger partial charge in [0.2, 0.25) is 28.7 Å². The highest BCUT2D eigenvalue weighted by Gasteiger charge is 2.40. The molecule has 3 aromatic rings. The molecule has 0 radical (unpaired) electrons. The first-order valence-corrected chi connectivity index (χ1v) is 14.9. The molecule has 3 heterocycles. The van der Waals surface area contributed by atoms with Gasteiger partial charge in [-0.2, -0.15) is 4.31 Å². The first kappa shape index (κ1) is 26.5. The number of sulfonamides is 1. The molecule has 1 saturated carbocycles. The van der Waals surface area contributed by atoms with Crippen LogP contribution in [0.4, 0.5) is 10.3 Å². The van der Waals surface area contributed by atoms with E-state index in [1.165, 1.54) is 16.4 Å². The van der Waals surface area contributed by atoms with Crippen LogP contribution in [0, 0.1) is 5.82 Å². The summed E-state index contributed by atoms with van der Waals surface area (Å²) in [5.74, 6) is 0.650. The molecule has 0 spiro atoms. The first-order chi connectivity index (χ1) is 19.4. The van der Waals surface area contributed by atoms with Crippen molar-refractivity contribution in [2.24, 2.45) is 0 Å². The molecule has 40 heavy (non-hydrogen) atoms. The predicted molar refractivity (Wildman–Crippen MR) is 144 cm³/mol. The molecule has 0 bridgehead atoms. The van der Waals surface area contributed by atoms with Gasteiger partial charge in [0.1, 0.15) is 11.9 Å². The second-order valence-electron chi connectivity index (χ2n) is 10.2. The van der Waals surface area contributed by atoms with Crippen molar-refractivity contribution in [1.29, 1.82) is 0 Å². The molecule has 1 aromatic heterocycles. The van der Waals surface area contributed by atoms with E-state index in [0.29, 0.717) is 47.6 Å². The van der Waals surface area contributed by atoms with Gasteiger partial charge >= 0.3 is 0 Å². The number of benzene rings is 2. The summed E-state index contributed by atoms with van der Waals surface area (Å²) in [6, 6.07) is 10.4. The smallest absolute Gasteiger partial charge is 0.243 e. The second kappa shape index (κ2) is 11.0. The molecule has 2 aliphatic heterocycles. The molecule has 1 amide bonds. The van der Waals surface area contributed by atoms with E-state index in [9.17, 15) is 17.6 Å². The van der Waals surface area contributed by atoms with Crippen molar-refractivity contribution in [2.75, 3.05) is 18.7 Å². The molecule has 2 atom stereocenters. The molecule has 2 aromatic carbocycles. The Kier molecular flexibility index (Phi) is 7.28. The number of aromatic nitrogens is 2. The van der Waals surface area contributed by atoms with E-state index in [1.54, 1.807) is 24.4 Å². The number of nitrogens with one attached hydrogen (secondary N) is 2. The lowest BCUT2D eigenvalue weighted by atomic mass is 10.0. The summed E-state index contributed by atoms with van der Waals surface area (Å²) < 4.78 is 52.4. The predicted octanol–water partition coefficient (Wildman–Crippen LogP) is 3.76. The molecule has 1 saturated heterocycles. The minimum absolute atomic E-state index is 0.0562. The van der Waals surface area contributed by atoms with Crippen molar-refractivity contribution >= 4 is 21.9 Å². The van der Waals surface area contributed by atoms with Crippen molar-refractivity contribution in [3.63, 3.8) is 0 Å². The van der Waals surface area contributed by atoms with Crippen LogP contribution in [0.2, 0.25) is 0 Å². The molecule has 1 aliphatic carbocycles. The van der Waals surface area contributed by atoms with E-state index in [1.807, 2.05) is 6.07 Å². The van der Waals surface area contributed by atoms with Gasteiger partial charge in [0, 0.05) is 18.8 Å². The topological polar surface area (TPSA) is 123 Å². The third-order valence-electron chi connectivity index (χ3n) is 7.60. The monoisotopic (exact) mass is 567 g/mol. The number of carbonyl (C=O) groups is 1. The Morgan fingerprint density at radius 1 is 1.00 bits per heavy atom. The largest absolute Gasteiger partial charge is 0.454 e. The summed E-state index contributed by atoms with van der Waals surface area (Å²) in [6.07, 6.45) is 6.95. The van der Waals surface area contributed by atoms with Crippen LogP contribution in [0.5, 0.6) is 11.5 Å². The average molecular weight is 568 g/mol. The zero-order valence-corrected chi connectivity index (χ0v) is 22.6. The fourth-order valence-electron chi connectivity index (χ4n) is 5.55. The summed E-state index contributed by atoms with van der Waals surface area (Å²) in [6.45, 7) is 0.298. The third kappa shape index (κ3) is 5.33. The highest BCUT2D eigenvalue weighted by atomic mass is 32.2. The van der Waals surface area contributed by atoms with Gasteiger partial charge in [-0.15, -0.1) is 0 Å². The highest BCUT2D eigenvalue weighted by Crippen LogP contribution is 2.36. The number of fused-ring (bicyclic) bond motifs is 1. The molecular formula is C28H30FN5O5S. The maximum absolute atomic E-state index is 13.8. The van der Waals surface area contributed by atoms with E-state index >= 15 is 0 Å². The Hall–Kier alpha value is -3.77. The van der Waals surface area contributed by atoms with Gasteiger partial charge in [-0.25, -0.2) is 22.8 Å². The number of carbonyl (C=O) groups excluding carboxylic acids is 1. The Balaban J connectivity index is 1.29. The number of halogens is 1. The van der Waals surface area contributed by atoms with E-state index in [-0.39, 0.29) is 18.2 Å². The summed E-state index contributed by atoms with van der Waals surface area (Å²) >= 11 is 0.